The van der Waals surface area contributed by atoms with Gasteiger partial charge in [0.2, 0.25) is 0 Å². The Hall–Kier alpha value is -1.50. The van der Waals surface area contributed by atoms with E-state index in [1.807, 2.05) is 24.3 Å². The summed E-state index contributed by atoms with van der Waals surface area (Å²) in [6.45, 7) is 21.6. The van der Waals surface area contributed by atoms with Crippen molar-refractivity contribution in [2.45, 2.75) is 20.3 Å². The Balaban J connectivity index is 5.12. The van der Waals surface area contributed by atoms with Gasteiger partial charge in [0, 0.05) is 18.8 Å². The fraction of sp³-hybridized carbons (Fsp3) is 0.375. The van der Waals surface area contributed by atoms with E-state index < -0.39 is 0 Å². The number of hydrogen-bond acceptors (Lipinski definition) is 1. The Morgan fingerprint density at radius 1 is 1.06 bits per heavy atom. The lowest BCUT2D eigenvalue weighted by atomic mass is 10.0. The van der Waals surface area contributed by atoms with Crippen molar-refractivity contribution in [3.63, 3.8) is 0 Å². The topological polar surface area (TPSA) is 3.24 Å². The largest absolute Gasteiger partial charge is 0.371 e. The molecule has 0 rings (SSSR count). The second-order valence-corrected chi connectivity index (χ2v) is 3.90. The molecule has 0 aliphatic carbocycles. The van der Waals surface area contributed by atoms with Crippen LogP contribution in [0.5, 0.6) is 0 Å². The van der Waals surface area contributed by atoms with Gasteiger partial charge >= 0.3 is 0 Å². The highest BCUT2D eigenvalue weighted by molar-refractivity contribution is 5.37. The van der Waals surface area contributed by atoms with Gasteiger partial charge in [-0.3, -0.25) is 0 Å². The molecule has 0 aromatic heterocycles. The van der Waals surface area contributed by atoms with Crippen molar-refractivity contribution in [1.29, 1.82) is 0 Å². The van der Waals surface area contributed by atoms with E-state index in [9.17, 15) is 0 Å². The molecule has 0 N–H and O–H groups in total. The summed E-state index contributed by atoms with van der Waals surface area (Å²) in [4.78, 5) is 2.29. The van der Waals surface area contributed by atoms with Gasteiger partial charge in [-0.2, -0.15) is 0 Å². The normalized spacial score (nSPS) is 11.2. The maximum atomic E-state index is 3.88. The molecule has 0 saturated heterocycles. The number of nitrogens with zero attached hydrogens (tertiary/aromatic N) is 1. The maximum Gasteiger partial charge on any atom is 0.0433 e. The molecule has 0 aromatic carbocycles. The third-order valence-electron chi connectivity index (χ3n) is 2.96. The van der Waals surface area contributed by atoms with Crippen LogP contribution in [0.4, 0.5) is 0 Å². The average molecular weight is 231 g/mol. The lowest BCUT2D eigenvalue weighted by Gasteiger charge is -2.28. The minimum absolute atomic E-state index is 0.501. The summed E-state index contributed by atoms with van der Waals surface area (Å²) in [5.74, 6) is 0.501. The van der Waals surface area contributed by atoms with Crippen molar-refractivity contribution in [1.82, 2.24) is 4.90 Å². The third kappa shape index (κ3) is 4.48. The van der Waals surface area contributed by atoms with E-state index in [2.05, 4.69) is 45.1 Å². The zero-order chi connectivity index (χ0) is 13.3. The van der Waals surface area contributed by atoms with Crippen LogP contribution in [0.1, 0.15) is 20.3 Å². The molecule has 1 unspecified atom stereocenters. The average Bonchev–Trinajstić information content (AvgIpc) is 2.38. The summed E-state index contributed by atoms with van der Waals surface area (Å²) >= 11 is 0. The molecule has 17 heavy (non-hydrogen) atoms. The van der Waals surface area contributed by atoms with Crippen LogP contribution in [-0.4, -0.2) is 18.0 Å². The summed E-state index contributed by atoms with van der Waals surface area (Å²) in [5.41, 5.74) is 2.12. The van der Waals surface area contributed by atoms with E-state index in [4.69, 9.17) is 0 Å². The molecule has 0 amide bonds. The first-order valence-electron chi connectivity index (χ1n) is 6.17. The molecule has 0 fully saturated rings. The van der Waals surface area contributed by atoms with Gasteiger partial charge in [-0.1, -0.05) is 44.9 Å². The first-order chi connectivity index (χ1) is 8.18. The molecule has 0 bridgehead atoms. The van der Waals surface area contributed by atoms with E-state index in [1.54, 1.807) is 0 Å². The molecule has 0 aliphatic heterocycles. The second-order valence-electron chi connectivity index (χ2n) is 3.90. The maximum absolute atomic E-state index is 3.88. The Morgan fingerprint density at radius 2 is 1.65 bits per heavy atom. The second kappa shape index (κ2) is 8.63. The van der Waals surface area contributed by atoms with Crippen molar-refractivity contribution in [2.75, 3.05) is 13.1 Å². The highest BCUT2D eigenvalue weighted by atomic mass is 15.1. The highest BCUT2D eigenvalue weighted by Crippen LogP contribution is 2.17. The van der Waals surface area contributed by atoms with Crippen LogP contribution in [0.15, 0.2) is 61.9 Å². The quantitative estimate of drug-likeness (QED) is 0.421. The fourth-order valence-electron chi connectivity index (χ4n) is 1.77. The molecular formula is C16H25N. The summed E-state index contributed by atoms with van der Waals surface area (Å²) in [6, 6.07) is 0. The minimum atomic E-state index is 0.501. The minimum Gasteiger partial charge on any atom is -0.371 e. The van der Waals surface area contributed by atoms with Gasteiger partial charge in [0.1, 0.15) is 0 Å². The van der Waals surface area contributed by atoms with Gasteiger partial charge in [0.25, 0.3) is 0 Å². The zero-order valence-electron chi connectivity index (χ0n) is 11.3. The predicted octanol–water partition coefficient (Wildman–Crippen LogP) is 4.33. The van der Waals surface area contributed by atoms with Crippen molar-refractivity contribution in [3.05, 3.63) is 61.9 Å². The first-order valence-corrected chi connectivity index (χ1v) is 6.17. The molecule has 0 radical (unpaired) electrons. The van der Waals surface area contributed by atoms with Gasteiger partial charge in [-0.15, -0.1) is 6.58 Å². The predicted molar refractivity (Wildman–Crippen MR) is 78.8 cm³/mol. The Bertz CT molecular complexity index is 299. The highest BCUT2D eigenvalue weighted by Gasteiger charge is 2.11. The molecule has 0 heterocycles. The summed E-state index contributed by atoms with van der Waals surface area (Å²) in [6.07, 6.45) is 8.63. The van der Waals surface area contributed by atoms with Crippen LogP contribution in [0.25, 0.3) is 0 Å². The zero-order valence-corrected chi connectivity index (χ0v) is 11.3. The van der Waals surface area contributed by atoms with E-state index in [-0.39, 0.29) is 0 Å². The van der Waals surface area contributed by atoms with Crippen molar-refractivity contribution in [2.24, 2.45) is 5.92 Å². The first kappa shape index (κ1) is 15.5. The number of allylic oxidation sites excluding steroid dienone is 4. The molecule has 0 aromatic rings. The number of likely N-dealkylation sites (N-methyl/N-ethyl adjacent to an activating group) is 1. The SMILES string of the molecule is C=CC(C=C)=C(C=C)N(CC)CC(C=C)CC. The van der Waals surface area contributed by atoms with Crippen molar-refractivity contribution < 1.29 is 0 Å². The van der Waals surface area contributed by atoms with Crippen molar-refractivity contribution in [3.8, 4) is 0 Å². The van der Waals surface area contributed by atoms with Crippen LogP contribution >= 0.6 is 0 Å². The van der Waals surface area contributed by atoms with Gasteiger partial charge in [-0.25, -0.2) is 0 Å². The summed E-state index contributed by atoms with van der Waals surface area (Å²) in [5, 5.41) is 0. The van der Waals surface area contributed by atoms with Crippen LogP contribution in [0.2, 0.25) is 0 Å². The fourth-order valence-corrected chi connectivity index (χ4v) is 1.77. The van der Waals surface area contributed by atoms with E-state index >= 15 is 0 Å². The number of hydrogen-bond donors (Lipinski definition) is 0. The van der Waals surface area contributed by atoms with Crippen LogP contribution in [-0.2, 0) is 0 Å². The third-order valence-corrected chi connectivity index (χ3v) is 2.96. The number of rotatable bonds is 9. The van der Waals surface area contributed by atoms with Gasteiger partial charge < -0.3 is 4.90 Å². The van der Waals surface area contributed by atoms with Gasteiger partial charge in [0.15, 0.2) is 0 Å². The van der Waals surface area contributed by atoms with Crippen LogP contribution in [0, 0.1) is 5.92 Å². The van der Waals surface area contributed by atoms with E-state index in [0.29, 0.717) is 5.92 Å². The Labute approximate surface area is 107 Å². The molecule has 1 heteroatoms. The lowest BCUT2D eigenvalue weighted by molar-refractivity contribution is 0.327. The molecule has 1 nitrogen and oxygen atoms in total. The molecule has 0 aliphatic rings. The Kier molecular flexibility index (Phi) is 7.87. The molecule has 0 spiro atoms. The monoisotopic (exact) mass is 231 g/mol. The van der Waals surface area contributed by atoms with E-state index in [0.717, 1.165) is 30.8 Å². The molecular weight excluding hydrogens is 206 g/mol. The lowest BCUT2D eigenvalue weighted by Crippen LogP contribution is -2.28. The van der Waals surface area contributed by atoms with Crippen molar-refractivity contribution >= 4 is 0 Å². The van der Waals surface area contributed by atoms with Crippen LogP contribution < -0.4 is 0 Å². The molecule has 0 saturated carbocycles. The summed E-state index contributed by atoms with van der Waals surface area (Å²) < 4.78 is 0. The Morgan fingerprint density at radius 3 is 1.94 bits per heavy atom. The van der Waals surface area contributed by atoms with Gasteiger partial charge in [-0.05, 0) is 30.9 Å². The summed E-state index contributed by atoms with van der Waals surface area (Å²) in [7, 11) is 0. The molecule has 94 valence electrons. The smallest absolute Gasteiger partial charge is 0.0433 e. The molecule has 1 atom stereocenters. The van der Waals surface area contributed by atoms with Crippen LogP contribution in [0.3, 0.4) is 0 Å². The van der Waals surface area contributed by atoms with E-state index in [1.165, 1.54) is 0 Å². The standard InChI is InChI=1S/C16H25N/c1-7-14(8-2)13-17(12-6)16(11-5)15(9-3)10-4/h7,9-11,14H,1,3-5,8,12-13H2,2,6H3. The van der Waals surface area contributed by atoms with Gasteiger partial charge in [0.05, 0.1) is 0 Å².